The van der Waals surface area contributed by atoms with Crippen molar-refractivity contribution in [3.8, 4) is 28.3 Å². The summed E-state index contributed by atoms with van der Waals surface area (Å²) in [7, 11) is 0. The molecule has 14 nitrogen and oxygen atoms in total. The Balaban J connectivity index is 1.11. The van der Waals surface area contributed by atoms with E-state index in [1.165, 1.54) is 6.20 Å². The molecule has 48 heavy (non-hydrogen) atoms. The molecule has 1 aliphatic rings. The molecule has 1 saturated heterocycles. The molecule has 1 amide bonds. The lowest BCUT2D eigenvalue weighted by molar-refractivity contribution is -0.0946. The first-order chi connectivity index (χ1) is 23.4. The van der Waals surface area contributed by atoms with E-state index in [0.29, 0.717) is 51.0 Å². The monoisotopic (exact) mass is 647 g/mol. The van der Waals surface area contributed by atoms with Crippen molar-refractivity contribution in [3.05, 3.63) is 107 Å². The molecule has 0 bridgehead atoms. The summed E-state index contributed by atoms with van der Waals surface area (Å²) >= 11 is 0. The summed E-state index contributed by atoms with van der Waals surface area (Å²) < 4.78 is 21.3. The molecule has 0 spiro atoms. The molecule has 0 aliphatic carbocycles. The van der Waals surface area contributed by atoms with E-state index in [-0.39, 0.29) is 23.5 Å². The number of carbonyl (C=O) groups excluding carboxylic acids is 1. The Morgan fingerprint density at radius 2 is 1.88 bits per heavy atom. The Labute approximate surface area is 274 Å². The zero-order valence-electron chi connectivity index (χ0n) is 26.2. The Kier molecular flexibility index (Phi) is 8.64. The number of hydrogen-bond donors (Lipinski definition) is 2. The zero-order chi connectivity index (χ0) is 33.0. The maximum Gasteiger partial charge on any atom is 0.337 e. The van der Waals surface area contributed by atoms with E-state index in [4.69, 9.17) is 19.9 Å². The van der Waals surface area contributed by atoms with Crippen molar-refractivity contribution in [1.82, 2.24) is 33.9 Å². The first-order valence-electron chi connectivity index (χ1n) is 15.5. The third-order valence-corrected chi connectivity index (χ3v) is 7.86. The number of anilines is 2. The maximum atomic E-state index is 13.5. The number of nitrogen functional groups attached to an aromatic ring is 1. The number of carbonyl (C=O) groups is 1. The Morgan fingerprint density at radius 1 is 1.04 bits per heavy atom. The summed E-state index contributed by atoms with van der Waals surface area (Å²) in [6.45, 7) is 4.81. The number of hydrogen-bond acceptors (Lipinski definition) is 10. The number of benzene rings is 2. The summed E-state index contributed by atoms with van der Waals surface area (Å²) in [5.41, 5.74) is 10.3. The van der Waals surface area contributed by atoms with Crippen LogP contribution < -0.4 is 21.3 Å². The Hall–Kier alpha value is -5.86. The van der Waals surface area contributed by atoms with Gasteiger partial charge in [-0.25, -0.2) is 4.98 Å². The van der Waals surface area contributed by atoms with Crippen molar-refractivity contribution in [2.75, 3.05) is 37.5 Å². The van der Waals surface area contributed by atoms with E-state index in [0.717, 1.165) is 32.3 Å². The minimum atomic E-state index is -0.611. The normalized spacial score (nSPS) is 14.6. The quantitative estimate of drug-likeness (QED) is 0.225. The number of nitrogens with two attached hydrogens (primary N) is 1. The van der Waals surface area contributed by atoms with Crippen LogP contribution >= 0.6 is 0 Å². The number of pyridine rings is 1. The zero-order valence-corrected chi connectivity index (χ0v) is 26.2. The summed E-state index contributed by atoms with van der Waals surface area (Å²) in [6, 6.07) is 18.8. The summed E-state index contributed by atoms with van der Waals surface area (Å²) in [4.78, 5) is 35.7. The predicted octanol–water partition coefficient (Wildman–Crippen LogP) is 3.51. The SMILES string of the molecule is CCOc1nc2n(Cc3ccccc3)cc(C(=O)Nc3ccc(-c4cc(-c5cnn(C[C@H]6COCCO6)c5)cnc4N)cc3)c(=O)n2n1. The highest BCUT2D eigenvalue weighted by molar-refractivity contribution is 6.04. The molecule has 0 radical (unpaired) electrons. The van der Waals surface area contributed by atoms with Crippen LogP contribution in [-0.4, -0.2) is 72.4 Å². The minimum Gasteiger partial charge on any atom is -0.463 e. The summed E-state index contributed by atoms with van der Waals surface area (Å²) in [5.74, 6) is 0.0410. The van der Waals surface area contributed by atoms with Crippen molar-refractivity contribution < 1.29 is 19.0 Å². The molecule has 4 aromatic heterocycles. The molecule has 6 aromatic rings. The fourth-order valence-corrected chi connectivity index (χ4v) is 5.49. The second kappa shape index (κ2) is 13.5. The van der Waals surface area contributed by atoms with Crippen LogP contribution in [0, 0.1) is 0 Å². The van der Waals surface area contributed by atoms with Crippen molar-refractivity contribution in [2.45, 2.75) is 26.1 Å². The van der Waals surface area contributed by atoms with Crippen LogP contribution in [-0.2, 0) is 22.6 Å². The highest BCUT2D eigenvalue weighted by Gasteiger charge is 2.20. The average Bonchev–Trinajstić information content (AvgIpc) is 3.76. The maximum absolute atomic E-state index is 13.5. The van der Waals surface area contributed by atoms with Gasteiger partial charge in [-0.3, -0.25) is 14.3 Å². The largest absolute Gasteiger partial charge is 0.463 e. The molecular weight excluding hydrogens is 614 g/mol. The van der Waals surface area contributed by atoms with Gasteiger partial charge in [0.2, 0.25) is 5.78 Å². The number of nitrogens with one attached hydrogen (secondary N) is 1. The van der Waals surface area contributed by atoms with Crippen molar-refractivity contribution in [1.29, 1.82) is 0 Å². The van der Waals surface area contributed by atoms with Gasteiger partial charge in [0.15, 0.2) is 0 Å². The van der Waals surface area contributed by atoms with E-state index in [1.807, 2.05) is 59.4 Å². The molecule has 244 valence electrons. The van der Waals surface area contributed by atoms with Crippen LogP contribution in [0.3, 0.4) is 0 Å². The molecule has 14 heteroatoms. The first-order valence-corrected chi connectivity index (χ1v) is 15.5. The molecule has 5 heterocycles. The number of nitrogens with zero attached hydrogens (tertiary/aromatic N) is 7. The molecular formula is C34H33N9O5. The van der Waals surface area contributed by atoms with Crippen LogP contribution in [0.1, 0.15) is 22.8 Å². The highest BCUT2D eigenvalue weighted by atomic mass is 16.6. The molecule has 2 aromatic carbocycles. The van der Waals surface area contributed by atoms with E-state index < -0.39 is 11.5 Å². The third-order valence-electron chi connectivity index (χ3n) is 7.86. The second-order valence-electron chi connectivity index (χ2n) is 11.2. The van der Waals surface area contributed by atoms with Gasteiger partial charge in [0.1, 0.15) is 17.5 Å². The van der Waals surface area contributed by atoms with Crippen LogP contribution in [0.5, 0.6) is 6.01 Å². The second-order valence-corrected chi connectivity index (χ2v) is 11.2. The lowest BCUT2D eigenvalue weighted by Crippen LogP contribution is -2.32. The van der Waals surface area contributed by atoms with Gasteiger partial charge in [-0.05, 0) is 36.2 Å². The molecule has 3 N–H and O–H groups in total. The number of fused-ring (bicyclic) bond motifs is 1. The van der Waals surface area contributed by atoms with Crippen LogP contribution in [0.2, 0.25) is 0 Å². The fourth-order valence-electron chi connectivity index (χ4n) is 5.49. The fraction of sp³-hybridized carbons (Fsp3) is 0.235. The van der Waals surface area contributed by atoms with Crippen molar-refractivity contribution >= 4 is 23.2 Å². The van der Waals surface area contributed by atoms with Crippen LogP contribution in [0.25, 0.3) is 28.0 Å². The van der Waals surface area contributed by atoms with Crippen molar-refractivity contribution in [3.63, 3.8) is 0 Å². The number of aromatic nitrogens is 7. The summed E-state index contributed by atoms with van der Waals surface area (Å²) in [5, 5.41) is 11.5. The Bertz CT molecular complexity index is 2120. The number of amides is 1. The summed E-state index contributed by atoms with van der Waals surface area (Å²) in [6.07, 6.45) is 6.88. The van der Waals surface area contributed by atoms with Gasteiger partial charge in [0, 0.05) is 41.0 Å². The first kappa shape index (κ1) is 30.8. The third kappa shape index (κ3) is 6.52. The van der Waals surface area contributed by atoms with Gasteiger partial charge < -0.3 is 29.8 Å². The van der Waals surface area contributed by atoms with Crippen LogP contribution in [0.4, 0.5) is 11.5 Å². The smallest absolute Gasteiger partial charge is 0.337 e. The predicted molar refractivity (Wildman–Crippen MR) is 178 cm³/mol. The molecule has 7 rings (SSSR count). The van der Waals surface area contributed by atoms with Gasteiger partial charge in [0.05, 0.1) is 45.7 Å². The van der Waals surface area contributed by atoms with E-state index in [1.54, 1.807) is 36.0 Å². The number of rotatable bonds is 10. The van der Waals surface area contributed by atoms with E-state index >= 15 is 0 Å². The van der Waals surface area contributed by atoms with E-state index in [9.17, 15) is 9.59 Å². The Morgan fingerprint density at radius 3 is 2.65 bits per heavy atom. The average molecular weight is 648 g/mol. The number of ether oxygens (including phenoxy) is 3. The topological polar surface area (TPSA) is 166 Å². The standard InChI is InChI=1S/C34H33N9O5/c1-2-47-33-39-34-41(17-22-6-4-3-5-7-22)20-29(32(45)43(34)40-33)31(44)38-26-10-8-23(9-11-26)28-14-24(15-36-30(28)35)25-16-37-42(18-25)19-27-21-46-12-13-48-27/h3-11,14-16,18,20,27H,2,12-13,17,19,21H2,1H3,(H2,35,36)(H,38,44)/t27-/m0/s1. The van der Waals surface area contributed by atoms with Gasteiger partial charge in [0.25, 0.3) is 11.5 Å². The lowest BCUT2D eigenvalue weighted by atomic mass is 10.0. The van der Waals surface area contributed by atoms with Gasteiger partial charge in [-0.2, -0.15) is 14.6 Å². The van der Waals surface area contributed by atoms with Gasteiger partial charge >= 0.3 is 6.01 Å². The molecule has 1 aliphatic heterocycles. The van der Waals surface area contributed by atoms with Crippen molar-refractivity contribution in [2.24, 2.45) is 0 Å². The molecule has 1 fully saturated rings. The van der Waals surface area contributed by atoms with Gasteiger partial charge in [-0.1, -0.05) is 42.5 Å². The molecule has 0 unspecified atom stereocenters. The van der Waals surface area contributed by atoms with Crippen LogP contribution in [0.15, 0.2) is 90.2 Å². The molecule has 0 saturated carbocycles. The highest BCUT2D eigenvalue weighted by Crippen LogP contribution is 2.30. The van der Waals surface area contributed by atoms with Gasteiger partial charge in [-0.15, -0.1) is 5.10 Å². The van der Waals surface area contributed by atoms with E-state index in [2.05, 4.69) is 25.5 Å². The molecule has 1 atom stereocenters. The lowest BCUT2D eigenvalue weighted by Gasteiger charge is -2.22. The minimum absolute atomic E-state index is 0.0420.